The van der Waals surface area contributed by atoms with Crippen LogP contribution in [-0.4, -0.2) is 5.11 Å². The molecule has 3 aromatic carbocycles. The molecule has 21 heavy (non-hydrogen) atoms. The number of nitrogens with one attached hydrogen (secondary N) is 1. The maximum Gasteiger partial charge on any atom is 0.126 e. The molecule has 0 amide bonds. The molecular formula is C18H16FNO. The van der Waals surface area contributed by atoms with Crippen LogP contribution in [0.2, 0.25) is 0 Å². The molecule has 2 N–H and O–H groups in total. The van der Waals surface area contributed by atoms with Crippen molar-refractivity contribution < 1.29 is 9.50 Å². The van der Waals surface area contributed by atoms with Gasteiger partial charge in [0.05, 0.1) is 6.04 Å². The van der Waals surface area contributed by atoms with E-state index in [1.165, 1.54) is 6.07 Å². The minimum Gasteiger partial charge on any atom is -0.507 e. The number of anilines is 1. The number of rotatable bonds is 3. The molecule has 3 heteroatoms. The van der Waals surface area contributed by atoms with Crippen molar-refractivity contribution in [2.75, 3.05) is 5.32 Å². The number of phenolic OH excluding ortho intramolecular Hbond substituents is 1. The number of fused-ring (bicyclic) bond motifs is 1. The second-order valence-corrected chi connectivity index (χ2v) is 5.10. The maximum absolute atomic E-state index is 13.1. The Hall–Kier alpha value is -2.55. The Kier molecular flexibility index (Phi) is 3.48. The Labute approximate surface area is 122 Å². The maximum atomic E-state index is 13.1. The van der Waals surface area contributed by atoms with Crippen LogP contribution in [0.4, 0.5) is 10.1 Å². The van der Waals surface area contributed by atoms with Gasteiger partial charge in [-0.2, -0.15) is 0 Å². The molecule has 0 aliphatic rings. The Morgan fingerprint density at radius 3 is 2.57 bits per heavy atom. The molecule has 0 aliphatic carbocycles. The van der Waals surface area contributed by atoms with Gasteiger partial charge in [-0.15, -0.1) is 0 Å². The first kappa shape index (κ1) is 13.4. The van der Waals surface area contributed by atoms with E-state index >= 15 is 0 Å². The first-order valence-electron chi connectivity index (χ1n) is 6.88. The van der Waals surface area contributed by atoms with Gasteiger partial charge >= 0.3 is 0 Å². The first-order chi connectivity index (χ1) is 10.1. The number of benzene rings is 3. The number of aromatic hydroxyl groups is 1. The molecule has 0 heterocycles. The zero-order chi connectivity index (χ0) is 14.8. The van der Waals surface area contributed by atoms with Crippen LogP contribution >= 0.6 is 0 Å². The van der Waals surface area contributed by atoms with Crippen molar-refractivity contribution >= 4 is 16.5 Å². The first-order valence-corrected chi connectivity index (χ1v) is 6.88. The highest BCUT2D eigenvalue weighted by molar-refractivity contribution is 5.93. The fourth-order valence-corrected chi connectivity index (χ4v) is 2.55. The van der Waals surface area contributed by atoms with Gasteiger partial charge < -0.3 is 10.4 Å². The van der Waals surface area contributed by atoms with Crippen LogP contribution in [0.1, 0.15) is 18.5 Å². The molecule has 1 atom stereocenters. The van der Waals surface area contributed by atoms with Crippen molar-refractivity contribution in [3.05, 3.63) is 72.0 Å². The molecule has 0 radical (unpaired) electrons. The van der Waals surface area contributed by atoms with Gasteiger partial charge in [0.1, 0.15) is 11.6 Å². The SMILES string of the molecule is CC(Nc1cccc2ccccc12)c1ccc(F)cc1O. The third-order valence-corrected chi connectivity index (χ3v) is 3.62. The molecule has 2 nitrogen and oxygen atoms in total. The van der Waals surface area contributed by atoms with E-state index in [0.29, 0.717) is 5.56 Å². The Morgan fingerprint density at radius 2 is 1.76 bits per heavy atom. The van der Waals surface area contributed by atoms with Gasteiger partial charge in [0, 0.05) is 22.7 Å². The van der Waals surface area contributed by atoms with Crippen molar-refractivity contribution in [2.45, 2.75) is 13.0 Å². The van der Waals surface area contributed by atoms with Crippen molar-refractivity contribution in [3.63, 3.8) is 0 Å². The predicted molar refractivity (Wildman–Crippen MR) is 84.1 cm³/mol. The summed E-state index contributed by atoms with van der Waals surface area (Å²) in [5, 5.41) is 15.5. The van der Waals surface area contributed by atoms with Crippen molar-refractivity contribution in [1.82, 2.24) is 0 Å². The van der Waals surface area contributed by atoms with Crippen LogP contribution in [-0.2, 0) is 0 Å². The molecular weight excluding hydrogens is 265 g/mol. The minimum absolute atomic E-state index is 0.0322. The van der Waals surface area contributed by atoms with Gasteiger partial charge in [-0.1, -0.05) is 42.5 Å². The molecule has 0 aliphatic heterocycles. The summed E-state index contributed by atoms with van der Waals surface area (Å²) in [4.78, 5) is 0. The number of phenols is 1. The van der Waals surface area contributed by atoms with Crippen LogP contribution in [0.3, 0.4) is 0 Å². The number of hydrogen-bond donors (Lipinski definition) is 2. The van der Waals surface area contributed by atoms with E-state index in [0.717, 1.165) is 22.5 Å². The fourth-order valence-electron chi connectivity index (χ4n) is 2.55. The van der Waals surface area contributed by atoms with E-state index < -0.39 is 5.82 Å². The number of halogens is 1. The number of hydrogen-bond acceptors (Lipinski definition) is 2. The van der Waals surface area contributed by atoms with E-state index in [1.807, 2.05) is 31.2 Å². The average Bonchev–Trinajstić information content (AvgIpc) is 2.47. The molecule has 1 unspecified atom stereocenters. The second kappa shape index (κ2) is 5.44. The lowest BCUT2D eigenvalue weighted by Crippen LogP contribution is -2.07. The smallest absolute Gasteiger partial charge is 0.126 e. The van der Waals surface area contributed by atoms with Gasteiger partial charge in [-0.05, 0) is 24.4 Å². The molecule has 0 spiro atoms. The van der Waals surface area contributed by atoms with Crippen LogP contribution in [0.5, 0.6) is 5.75 Å². The normalized spacial score (nSPS) is 12.3. The van der Waals surface area contributed by atoms with Gasteiger partial charge in [-0.3, -0.25) is 0 Å². The molecule has 3 aromatic rings. The zero-order valence-corrected chi connectivity index (χ0v) is 11.7. The molecule has 0 fully saturated rings. The average molecular weight is 281 g/mol. The largest absolute Gasteiger partial charge is 0.507 e. The summed E-state index contributed by atoms with van der Waals surface area (Å²) in [6.45, 7) is 1.94. The van der Waals surface area contributed by atoms with Gasteiger partial charge in [0.25, 0.3) is 0 Å². The predicted octanol–water partition coefficient (Wildman–Crippen LogP) is 4.86. The Bertz CT molecular complexity index is 780. The molecule has 3 rings (SSSR count). The van der Waals surface area contributed by atoms with E-state index in [4.69, 9.17) is 0 Å². The third-order valence-electron chi connectivity index (χ3n) is 3.62. The van der Waals surface area contributed by atoms with Gasteiger partial charge in [0.2, 0.25) is 0 Å². The molecule has 0 bridgehead atoms. The molecule has 106 valence electrons. The summed E-state index contributed by atoms with van der Waals surface area (Å²) in [7, 11) is 0. The van der Waals surface area contributed by atoms with E-state index in [1.54, 1.807) is 6.07 Å². The summed E-state index contributed by atoms with van der Waals surface area (Å²) in [6.07, 6.45) is 0. The lowest BCUT2D eigenvalue weighted by Gasteiger charge is -2.18. The highest BCUT2D eigenvalue weighted by Crippen LogP contribution is 2.30. The van der Waals surface area contributed by atoms with E-state index in [-0.39, 0.29) is 11.8 Å². The summed E-state index contributed by atoms with van der Waals surface area (Å²) in [6, 6.07) is 18.1. The third kappa shape index (κ3) is 2.68. The monoisotopic (exact) mass is 281 g/mol. The van der Waals surface area contributed by atoms with E-state index in [2.05, 4.69) is 23.5 Å². The zero-order valence-electron chi connectivity index (χ0n) is 11.7. The minimum atomic E-state index is -0.436. The molecule has 0 saturated carbocycles. The molecule has 0 saturated heterocycles. The summed E-state index contributed by atoms with van der Waals surface area (Å²) < 4.78 is 13.1. The quantitative estimate of drug-likeness (QED) is 0.718. The van der Waals surface area contributed by atoms with Crippen LogP contribution in [0, 0.1) is 5.82 Å². The topological polar surface area (TPSA) is 32.3 Å². The summed E-state index contributed by atoms with van der Waals surface area (Å²) in [5.41, 5.74) is 1.66. The summed E-state index contributed by atoms with van der Waals surface area (Å²) in [5.74, 6) is -0.469. The lowest BCUT2D eigenvalue weighted by molar-refractivity contribution is 0.459. The van der Waals surface area contributed by atoms with Crippen molar-refractivity contribution in [2.24, 2.45) is 0 Å². The second-order valence-electron chi connectivity index (χ2n) is 5.10. The van der Waals surface area contributed by atoms with Crippen molar-refractivity contribution in [3.8, 4) is 5.75 Å². The summed E-state index contributed by atoms with van der Waals surface area (Å²) >= 11 is 0. The van der Waals surface area contributed by atoms with Crippen LogP contribution in [0.15, 0.2) is 60.7 Å². The highest BCUT2D eigenvalue weighted by atomic mass is 19.1. The lowest BCUT2D eigenvalue weighted by atomic mass is 10.0. The van der Waals surface area contributed by atoms with Gasteiger partial charge in [0.15, 0.2) is 0 Å². The van der Waals surface area contributed by atoms with Gasteiger partial charge in [-0.25, -0.2) is 4.39 Å². The van der Waals surface area contributed by atoms with E-state index in [9.17, 15) is 9.50 Å². The fraction of sp³-hybridized carbons (Fsp3) is 0.111. The standard InChI is InChI=1S/C18H16FNO/c1-12(15-10-9-14(19)11-18(15)21)20-17-8-4-6-13-5-2-3-7-16(13)17/h2-12,20-21H,1H3. The Balaban J connectivity index is 1.94. The highest BCUT2D eigenvalue weighted by Gasteiger charge is 2.12. The van der Waals surface area contributed by atoms with Crippen LogP contribution in [0.25, 0.3) is 10.8 Å². The molecule has 0 aromatic heterocycles. The van der Waals surface area contributed by atoms with Crippen LogP contribution < -0.4 is 5.32 Å². The Morgan fingerprint density at radius 1 is 1.00 bits per heavy atom. The van der Waals surface area contributed by atoms with Crippen molar-refractivity contribution in [1.29, 1.82) is 0 Å².